The molecule has 4 nitrogen and oxygen atoms in total. The first-order valence-corrected chi connectivity index (χ1v) is 6.36. The van der Waals surface area contributed by atoms with E-state index >= 15 is 0 Å². The number of carboxylic acid groups (broad SMARTS) is 1. The third-order valence-electron chi connectivity index (χ3n) is 3.20. The Balaban J connectivity index is 0.000000397. The number of carbonyl (C=O) groups is 1. The number of nitrogens with two attached hydrogens (primary N) is 1. The monoisotopic (exact) mass is 292 g/mol. The first-order chi connectivity index (χ1) is 9.49. The third kappa shape index (κ3) is 4.24. The molecule has 0 fully saturated rings. The molecule has 21 heavy (non-hydrogen) atoms. The zero-order chi connectivity index (χ0) is 14.7. The van der Waals surface area contributed by atoms with Crippen molar-refractivity contribution in [1.82, 2.24) is 0 Å². The van der Waals surface area contributed by atoms with Crippen molar-refractivity contribution >= 4 is 23.0 Å². The average molecular weight is 292 g/mol. The fourth-order valence-electron chi connectivity index (χ4n) is 2.40. The Morgan fingerprint density at radius 3 is 2.38 bits per heavy atom. The summed E-state index contributed by atoms with van der Waals surface area (Å²) in [6.45, 7) is 0.972. The zero-order valence-corrected chi connectivity index (χ0v) is 14.6. The SMILES string of the molecule is CC(=O)[O-].CN1c2ccccc2Cc2cc(N)ccc21.[Na+]. The number of nitrogen functional groups attached to an aromatic ring is 1. The number of fused-ring (bicyclic) bond motifs is 2. The van der Waals surface area contributed by atoms with Crippen LogP contribution < -0.4 is 45.3 Å². The van der Waals surface area contributed by atoms with Crippen LogP contribution in [0.3, 0.4) is 0 Å². The van der Waals surface area contributed by atoms with Gasteiger partial charge in [0, 0.05) is 36.5 Å². The minimum Gasteiger partial charge on any atom is -0.550 e. The molecule has 3 rings (SSSR count). The number of hydrogen-bond donors (Lipinski definition) is 1. The Kier molecular flexibility index (Phi) is 6.27. The molecule has 0 bridgehead atoms. The molecule has 104 valence electrons. The first-order valence-electron chi connectivity index (χ1n) is 6.36. The predicted octanol–water partition coefficient (Wildman–Crippen LogP) is -1.30. The van der Waals surface area contributed by atoms with Gasteiger partial charge in [0.05, 0.1) is 0 Å². The summed E-state index contributed by atoms with van der Waals surface area (Å²) in [7, 11) is 2.10. The van der Waals surface area contributed by atoms with Crippen LogP contribution in [0.25, 0.3) is 0 Å². The van der Waals surface area contributed by atoms with E-state index in [1.807, 2.05) is 6.07 Å². The number of nitrogens with zero attached hydrogens (tertiary/aromatic N) is 1. The standard InChI is InChI=1S/C14H14N2.C2H4O2.Na/c1-16-13-5-3-2-4-10(13)8-11-9-12(15)6-7-14(11)16;1-2(3)4;/h2-7,9H,8,15H2,1H3;1H3,(H,3,4);/q;;+1/p-1. The van der Waals surface area contributed by atoms with Gasteiger partial charge in [0.1, 0.15) is 0 Å². The van der Waals surface area contributed by atoms with Crippen LogP contribution in [0.15, 0.2) is 42.5 Å². The van der Waals surface area contributed by atoms with Crippen molar-refractivity contribution in [2.24, 2.45) is 0 Å². The smallest absolute Gasteiger partial charge is 0.550 e. The van der Waals surface area contributed by atoms with Gasteiger partial charge in [0.2, 0.25) is 0 Å². The van der Waals surface area contributed by atoms with Crippen LogP contribution in [0.5, 0.6) is 0 Å². The predicted molar refractivity (Wildman–Crippen MR) is 78.8 cm³/mol. The zero-order valence-electron chi connectivity index (χ0n) is 12.6. The van der Waals surface area contributed by atoms with E-state index in [1.54, 1.807) is 0 Å². The van der Waals surface area contributed by atoms with Gasteiger partial charge in [0.25, 0.3) is 0 Å². The van der Waals surface area contributed by atoms with Crippen LogP contribution >= 0.6 is 0 Å². The summed E-state index contributed by atoms with van der Waals surface area (Å²) in [5, 5.41) is 8.89. The summed E-state index contributed by atoms with van der Waals surface area (Å²) < 4.78 is 0. The van der Waals surface area contributed by atoms with E-state index in [2.05, 4.69) is 48.3 Å². The average Bonchev–Trinajstić information content (AvgIpc) is 2.38. The van der Waals surface area contributed by atoms with Gasteiger partial charge >= 0.3 is 29.6 Å². The maximum absolute atomic E-state index is 8.89. The molecule has 2 aromatic carbocycles. The molecule has 1 aliphatic rings. The molecule has 5 heteroatoms. The summed E-state index contributed by atoms with van der Waals surface area (Å²) in [5.41, 5.74) is 11.9. The Morgan fingerprint density at radius 2 is 1.71 bits per heavy atom. The number of carbonyl (C=O) groups excluding carboxylic acids is 1. The van der Waals surface area contributed by atoms with Gasteiger partial charge in [-0.1, -0.05) is 18.2 Å². The Morgan fingerprint density at radius 1 is 1.14 bits per heavy atom. The van der Waals surface area contributed by atoms with Gasteiger partial charge in [-0.25, -0.2) is 0 Å². The molecule has 0 unspecified atom stereocenters. The molecule has 2 N–H and O–H groups in total. The van der Waals surface area contributed by atoms with Crippen molar-refractivity contribution in [3.05, 3.63) is 53.6 Å². The van der Waals surface area contributed by atoms with Gasteiger partial charge in [-0.05, 0) is 42.3 Å². The topological polar surface area (TPSA) is 69.4 Å². The van der Waals surface area contributed by atoms with Crippen LogP contribution in [0.4, 0.5) is 17.1 Å². The molecular formula is C16H17N2NaO2. The van der Waals surface area contributed by atoms with Gasteiger partial charge in [0.15, 0.2) is 0 Å². The summed E-state index contributed by atoms with van der Waals surface area (Å²) in [6, 6.07) is 14.6. The number of aliphatic carboxylic acids is 1. The van der Waals surface area contributed by atoms with Crippen LogP contribution in [-0.2, 0) is 11.2 Å². The first kappa shape index (κ1) is 17.6. The molecule has 0 aliphatic carbocycles. The second kappa shape index (κ2) is 7.50. The maximum atomic E-state index is 8.89. The third-order valence-corrected chi connectivity index (χ3v) is 3.20. The number of hydrogen-bond acceptors (Lipinski definition) is 4. The van der Waals surface area contributed by atoms with Crippen LogP contribution in [0.1, 0.15) is 18.1 Å². The van der Waals surface area contributed by atoms with E-state index in [0.717, 1.165) is 19.0 Å². The van der Waals surface area contributed by atoms with E-state index in [-0.39, 0.29) is 29.6 Å². The van der Waals surface area contributed by atoms with Crippen molar-refractivity contribution in [1.29, 1.82) is 0 Å². The maximum Gasteiger partial charge on any atom is 1.00 e. The Hall–Kier alpha value is -1.49. The van der Waals surface area contributed by atoms with Crippen molar-refractivity contribution in [3.63, 3.8) is 0 Å². The van der Waals surface area contributed by atoms with E-state index < -0.39 is 5.97 Å². The Bertz CT molecular complexity index is 640. The summed E-state index contributed by atoms with van der Waals surface area (Å²) in [6.07, 6.45) is 0.973. The van der Waals surface area contributed by atoms with Crippen molar-refractivity contribution in [2.75, 3.05) is 17.7 Å². The number of para-hydroxylation sites is 1. The van der Waals surface area contributed by atoms with Crippen LogP contribution in [-0.4, -0.2) is 13.0 Å². The molecule has 0 aromatic heterocycles. The van der Waals surface area contributed by atoms with Crippen molar-refractivity contribution in [2.45, 2.75) is 13.3 Å². The molecular weight excluding hydrogens is 275 g/mol. The van der Waals surface area contributed by atoms with Crippen molar-refractivity contribution < 1.29 is 39.5 Å². The van der Waals surface area contributed by atoms with Gasteiger partial charge < -0.3 is 20.5 Å². The summed E-state index contributed by atoms with van der Waals surface area (Å²) in [4.78, 5) is 11.1. The molecule has 0 atom stereocenters. The van der Waals surface area contributed by atoms with Crippen molar-refractivity contribution in [3.8, 4) is 0 Å². The van der Waals surface area contributed by atoms with Gasteiger partial charge in [-0.3, -0.25) is 0 Å². The van der Waals surface area contributed by atoms with Gasteiger partial charge in [-0.2, -0.15) is 0 Å². The summed E-state index contributed by atoms with van der Waals surface area (Å²) >= 11 is 0. The second-order valence-electron chi connectivity index (χ2n) is 4.74. The quantitative estimate of drug-likeness (QED) is 0.484. The van der Waals surface area contributed by atoms with Crippen LogP contribution in [0, 0.1) is 0 Å². The molecule has 1 heterocycles. The normalized spacial score (nSPS) is 11.2. The van der Waals surface area contributed by atoms with E-state index in [0.29, 0.717) is 0 Å². The fraction of sp³-hybridized carbons (Fsp3) is 0.188. The number of rotatable bonds is 0. The molecule has 0 saturated carbocycles. The second-order valence-corrected chi connectivity index (χ2v) is 4.74. The van der Waals surface area contributed by atoms with Crippen LogP contribution in [0.2, 0.25) is 0 Å². The van der Waals surface area contributed by atoms with Gasteiger partial charge in [-0.15, -0.1) is 0 Å². The molecule has 0 spiro atoms. The molecule has 0 saturated heterocycles. The minimum atomic E-state index is -1.08. The number of benzene rings is 2. The number of anilines is 3. The molecule has 0 radical (unpaired) electrons. The number of carboxylic acids is 1. The molecule has 0 amide bonds. The van der Waals surface area contributed by atoms with E-state index in [9.17, 15) is 0 Å². The summed E-state index contributed by atoms with van der Waals surface area (Å²) in [5.74, 6) is -1.08. The minimum absolute atomic E-state index is 0. The largest absolute Gasteiger partial charge is 1.00 e. The van der Waals surface area contributed by atoms with E-state index in [1.165, 1.54) is 22.5 Å². The fourth-order valence-corrected chi connectivity index (χ4v) is 2.40. The molecule has 2 aromatic rings. The van der Waals surface area contributed by atoms with E-state index in [4.69, 9.17) is 15.6 Å². The molecule has 1 aliphatic heterocycles. The Labute approximate surface area is 146 Å².